The standard InChI is InChI=1S/C29H54N10O11/c1-13(2)9-18(25(46)39-21(14(3)4)26(47)35-17(28(49)50)7-6-8-33-29(31)32)36-27(48)22(15(5)42)38-20(43)10-34-24(45)19(12-41)37-23(44)16(30)11-40/h13-19,21-22,40-42H,6-12,30H2,1-5H3,(H,34,45)(H,35,47)(H,36,48)(H,37,44)(H,38,43)(H,39,46)(H,49,50)(H4,31,32,33)/t15-,16+,17+,18+,19+,21+,22+/m1/s1. The number of aliphatic carboxylic acids is 1. The maximum absolute atomic E-state index is 13.4. The molecule has 0 fully saturated rings. The van der Waals surface area contributed by atoms with Crippen LogP contribution >= 0.6 is 0 Å². The SMILES string of the molecule is CC(C)C[C@H](NC(=O)[C@@H](NC(=O)CNC(=O)[C@H](CO)NC(=O)[C@@H](N)CO)[C@@H](C)O)C(=O)N[C@H](C(=O)N[C@@H](CCCN=C(N)N)C(=O)O)C(C)C. The van der Waals surface area contributed by atoms with E-state index >= 15 is 0 Å². The van der Waals surface area contributed by atoms with Gasteiger partial charge in [0, 0.05) is 6.54 Å². The van der Waals surface area contributed by atoms with Gasteiger partial charge in [0.05, 0.1) is 25.9 Å². The van der Waals surface area contributed by atoms with Crippen molar-refractivity contribution in [1.29, 1.82) is 0 Å². The minimum atomic E-state index is -1.61. The monoisotopic (exact) mass is 718 g/mol. The van der Waals surface area contributed by atoms with Gasteiger partial charge in [0.2, 0.25) is 35.4 Å². The van der Waals surface area contributed by atoms with Crippen LogP contribution in [-0.2, 0) is 33.6 Å². The van der Waals surface area contributed by atoms with Crippen LogP contribution in [0.4, 0.5) is 0 Å². The van der Waals surface area contributed by atoms with Crippen LogP contribution in [0.1, 0.15) is 53.9 Å². The second-order valence-electron chi connectivity index (χ2n) is 12.3. The predicted octanol–water partition coefficient (Wildman–Crippen LogP) is -5.94. The highest BCUT2D eigenvalue weighted by Crippen LogP contribution is 2.10. The second kappa shape index (κ2) is 22.9. The summed E-state index contributed by atoms with van der Waals surface area (Å²) in [4.78, 5) is 92.1. The fourth-order valence-electron chi connectivity index (χ4n) is 4.25. The third kappa shape index (κ3) is 17.2. The number of carbonyl (C=O) groups is 7. The molecule has 6 amide bonds. The van der Waals surface area contributed by atoms with Crippen molar-refractivity contribution < 1.29 is 54.0 Å². The van der Waals surface area contributed by atoms with Gasteiger partial charge >= 0.3 is 5.97 Å². The van der Waals surface area contributed by atoms with Crippen LogP contribution in [0, 0.1) is 11.8 Å². The molecule has 0 saturated heterocycles. The Balaban J connectivity index is 5.64. The molecule has 0 aliphatic carbocycles. The maximum Gasteiger partial charge on any atom is 0.326 e. The molecule has 0 aromatic carbocycles. The minimum Gasteiger partial charge on any atom is -0.480 e. The molecule has 16 N–H and O–H groups in total. The number of aliphatic hydroxyl groups excluding tert-OH is 3. The van der Waals surface area contributed by atoms with E-state index in [0.29, 0.717) is 0 Å². The summed E-state index contributed by atoms with van der Waals surface area (Å²) >= 11 is 0. The third-order valence-electron chi connectivity index (χ3n) is 7.00. The Bertz CT molecular complexity index is 1190. The Morgan fingerprint density at radius 2 is 1.26 bits per heavy atom. The normalized spacial score (nSPS) is 15.3. The lowest BCUT2D eigenvalue weighted by molar-refractivity contribution is -0.143. The van der Waals surface area contributed by atoms with Crippen LogP contribution < -0.4 is 49.1 Å². The van der Waals surface area contributed by atoms with E-state index < -0.39 is 109 Å². The van der Waals surface area contributed by atoms with Gasteiger partial charge in [0.15, 0.2) is 5.96 Å². The van der Waals surface area contributed by atoms with E-state index in [4.69, 9.17) is 22.3 Å². The summed E-state index contributed by atoms with van der Waals surface area (Å²) in [6.07, 6.45) is -1.18. The molecule has 0 saturated carbocycles. The Hall–Kier alpha value is -4.60. The van der Waals surface area contributed by atoms with E-state index in [1.54, 1.807) is 27.7 Å². The van der Waals surface area contributed by atoms with E-state index in [0.717, 1.165) is 0 Å². The average Bonchev–Trinajstić information content (AvgIpc) is 3.03. The van der Waals surface area contributed by atoms with Crippen molar-refractivity contribution in [1.82, 2.24) is 31.9 Å². The molecule has 286 valence electrons. The quantitative estimate of drug-likeness (QED) is 0.0266. The number of aliphatic hydroxyl groups is 3. The maximum atomic E-state index is 13.4. The number of nitrogens with one attached hydrogen (secondary N) is 6. The fourth-order valence-corrected chi connectivity index (χ4v) is 4.25. The highest BCUT2D eigenvalue weighted by molar-refractivity contribution is 5.96. The summed E-state index contributed by atoms with van der Waals surface area (Å²) in [6, 6.07) is -8.26. The molecule has 0 unspecified atom stereocenters. The van der Waals surface area contributed by atoms with Gasteiger partial charge in [-0.1, -0.05) is 27.7 Å². The molecule has 0 spiro atoms. The zero-order valence-corrected chi connectivity index (χ0v) is 29.0. The number of hydrogen-bond acceptors (Lipinski definition) is 12. The highest BCUT2D eigenvalue weighted by atomic mass is 16.4. The lowest BCUT2D eigenvalue weighted by atomic mass is 9.99. The largest absolute Gasteiger partial charge is 0.480 e. The summed E-state index contributed by atoms with van der Waals surface area (Å²) < 4.78 is 0. The highest BCUT2D eigenvalue weighted by Gasteiger charge is 2.34. The number of carboxylic acid groups (broad SMARTS) is 1. The molecule has 0 bridgehead atoms. The van der Waals surface area contributed by atoms with Crippen molar-refractivity contribution in [2.45, 2.75) is 96.2 Å². The number of guanidine groups is 1. The van der Waals surface area contributed by atoms with Crippen LogP contribution in [0.25, 0.3) is 0 Å². The van der Waals surface area contributed by atoms with E-state index in [-0.39, 0.29) is 37.7 Å². The van der Waals surface area contributed by atoms with Gasteiger partial charge in [-0.2, -0.15) is 0 Å². The van der Waals surface area contributed by atoms with Crippen molar-refractivity contribution in [2.24, 2.45) is 34.0 Å². The fraction of sp³-hybridized carbons (Fsp3) is 0.724. The van der Waals surface area contributed by atoms with E-state index in [2.05, 4.69) is 36.9 Å². The molecule has 0 aliphatic heterocycles. The van der Waals surface area contributed by atoms with E-state index in [1.807, 2.05) is 0 Å². The summed E-state index contributed by atoms with van der Waals surface area (Å²) in [5.41, 5.74) is 15.9. The number of nitrogens with zero attached hydrogens (tertiary/aromatic N) is 1. The number of carbonyl (C=O) groups excluding carboxylic acids is 6. The number of nitrogens with two attached hydrogens (primary N) is 3. The lowest BCUT2D eigenvalue weighted by Gasteiger charge is -2.28. The molecule has 21 heteroatoms. The zero-order chi connectivity index (χ0) is 38.7. The van der Waals surface area contributed by atoms with Gasteiger partial charge in [-0.15, -0.1) is 0 Å². The summed E-state index contributed by atoms with van der Waals surface area (Å²) in [6.45, 7) is 5.75. The minimum absolute atomic E-state index is 0.00328. The van der Waals surface area contributed by atoms with Gasteiger partial charge in [-0.05, 0) is 38.0 Å². The first-order valence-corrected chi connectivity index (χ1v) is 16.0. The Kier molecular flexibility index (Phi) is 20.8. The second-order valence-corrected chi connectivity index (χ2v) is 12.3. The molecule has 0 rings (SSSR count). The Morgan fingerprint density at radius 1 is 0.700 bits per heavy atom. The molecule has 7 atom stereocenters. The van der Waals surface area contributed by atoms with Crippen molar-refractivity contribution in [2.75, 3.05) is 26.3 Å². The molecular weight excluding hydrogens is 664 g/mol. The first kappa shape index (κ1) is 45.4. The molecule has 0 aliphatic rings. The summed E-state index contributed by atoms with van der Waals surface area (Å²) in [5.74, 6) is -7.59. The molecule has 0 radical (unpaired) electrons. The molecule has 50 heavy (non-hydrogen) atoms. The Labute approximate surface area is 289 Å². The van der Waals surface area contributed by atoms with Crippen LogP contribution in [0.3, 0.4) is 0 Å². The van der Waals surface area contributed by atoms with Crippen molar-refractivity contribution in [3.05, 3.63) is 0 Å². The van der Waals surface area contributed by atoms with Crippen molar-refractivity contribution in [3.8, 4) is 0 Å². The van der Waals surface area contributed by atoms with Gasteiger partial charge < -0.3 is 69.5 Å². The molecule has 0 aromatic heterocycles. The molecule has 0 aromatic rings. The summed E-state index contributed by atoms with van der Waals surface area (Å²) in [5, 5.41) is 52.1. The molecule has 0 heterocycles. The van der Waals surface area contributed by atoms with Gasteiger partial charge in [-0.25, -0.2) is 4.79 Å². The van der Waals surface area contributed by atoms with Crippen LogP contribution in [-0.4, -0.2) is 136 Å². The lowest BCUT2D eigenvalue weighted by Crippen LogP contribution is -2.61. The molecule has 21 nitrogen and oxygen atoms in total. The van der Waals surface area contributed by atoms with Crippen molar-refractivity contribution >= 4 is 47.4 Å². The first-order chi connectivity index (χ1) is 23.2. The molecular formula is C29H54N10O11. The van der Waals surface area contributed by atoms with Crippen LogP contribution in [0.2, 0.25) is 0 Å². The number of carboxylic acids is 1. The topological polar surface area (TPSA) is 363 Å². The van der Waals surface area contributed by atoms with Gasteiger partial charge in [0.25, 0.3) is 0 Å². The average molecular weight is 719 g/mol. The van der Waals surface area contributed by atoms with Crippen LogP contribution in [0.5, 0.6) is 0 Å². The van der Waals surface area contributed by atoms with Gasteiger partial charge in [0.1, 0.15) is 36.3 Å². The number of aliphatic imine (C=N–C) groups is 1. The smallest absolute Gasteiger partial charge is 0.326 e. The van der Waals surface area contributed by atoms with E-state index in [1.165, 1.54) is 6.92 Å². The van der Waals surface area contributed by atoms with E-state index in [9.17, 15) is 48.9 Å². The zero-order valence-electron chi connectivity index (χ0n) is 29.0. The summed E-state index contributed by atoms with van der Waals surface area (Å²) in [7, 11) is 0. The predicted molar refractivity (Wildman–Crippen MR) is 178 cm³/mol. The Morgan fingerprint density at radius 3 is 1.74 bits per heavy atom. The number of hydrogen-bond donors (Lipinski definition) is 13. The first-order valence-electron chi connectivity index (χ1n) is 16.0. The van der Waals surface area contributed by atoms with Crippen molar-refractivity contribution in [3.63, 3.8) is 0 Å². The van der Waals surface area contributed by atoms with Crippen LogP contribution in [0.15, 0.2) is 4.99 Å². The third-order valence-corrected chi connectivity index (χ3v) is 7.00. The number of rotatable bonds is 23. The van der Waals surface area contributed by atoms with Gasteiger partial charge in [-0.3, -0.25) is 33.8 Å². The number of amides is 6.